The molecule has 0 saturated carbocycles. The van der Waals surface area contributed by atoms with E-state index in [1.165, 1.54) is 12.1 Å². The predicted octanol–water partition coefficient (Wildman–Crippen LogP) is 4.95. The van der Waals surface area contributed by atoms with Crippen LogP contribution in [0.4, 0.5) is 13.2 Å². The Morgan fingerprint density at radius 1 is 1.19 bits per heavy atom. The van der Waals surface area contributed by atoms with Crippen LogP contribution in [0.25, 0.3) is 10.9 Å². The van der Waals surface area contributed by atoms with E-state index >= 15 is 0 Å². The topological polar surface area (TPSA) is 84.5 Å². The Labute approximate surface area is 175 Å². The number of hydrogen-bond acceptors (Lipinski definition) is 4. The van der Waals surface area contributed by atoms with E-state index in [0.717, 1.165) is 35.6 Å². The molecule has 2 heterocycles. The maximum absolute atomic E-state index is 12.5. The Balaban J connectivity index is 1.53. The molecule has 1 aliphatic rings. The van der Waals surface area contributed by atoms with Crippen molar-refractivity contribution < 1.29 is 32.5 Å². The number of aromatic nitrogens is 1. The molecule has 3 aromatic rings. The lowest BCUT2D eigenvalue weighted by Crippen LogP contribution is -2.17. The lowest BCUT2D eigenvalue weighted by Gasteiger charge is -2.12. The van der Waals surface area contributed by atoms with Gasteiger partial charge in [0.05, 0.1) is 18.1 Å². The zero-order chi connectivity index (χ0) is 22.2. The summed E-state index contributed by atoms with van der Waals surface area (Å²) in [6, 6.07) is 12.8. The highest BCUT2D eigenvalue weighted by molar-refractivity contribution is 5.83. The zero-order valence-corrected chi connectivity index (χ0v) is 16.1. The van der Waals surface area contributed by atoms with Gasteiger partial charge in [-0.1, -0.05) is 0 Å². The van der Waals surface area contributed by atoms with Crippen LogP contribution in [0.5, 0.6) is 11.5 Å². The molecule has 0 spiro atoms. The van der Waals surface area contributed by atoms with Gasteiger partial charge in [0.25, 0.3) is 0 Å². The molecule has 0 amide bonds. The third kappa shape index (κ3) is 4.58. The van der Waals surface area contributed by atoms with Gasteiger partial charge in [0.15, 0.2) is 0 Å². The number of aliphatic carboxylic acids is 1. The number of carboxylic acid groups (broad SMARTS) is 1. The number of aryl methyl sites for hydroxylation is 1. The minimum Gasteiger partial charge on any atom is -0.489 e. The third-order valence-corrected chi connectivity index (χ3v) is 5.18. The SMILES string of the molecule is N#Cc1cc(COc2ccc3c(c2)cc2n3CCC2CC(=O)O)cc(OC(F)(F)F)c1. The second-order valence-corrected chi connectivity index (χ2v) is 7.34. The van der Waals surface area contributed by atoms with Crippen molar-refractivity contribution in [3.05, 3.63) is 59.3 Å². The van der Waals surface area contributed by atoms with Crippen molar-refractivity contribution in [3.63, 3.8) is 0 Å². The molecule has 0 fully saturated rings. The fourth-order valence-corrected chi connectivity index (χ4v) is 3.97. The van der Waals surface area contributed by atoms with E-state index in [9.17, 15) is 18.0 Å². The van der Waals surface area contributed by atoms with Gasteiger partial charge < -0.3 is 19.1 Å². The van der Waals surface area contributed by atoms with Crippen LogP contribution in [0.1, 0.15) is 35.6 Å². The summed E-state index contributed by atoms with van der Waals surface area (Å²) in [5.74, 6) is -0.836. The molecule has 1 unspecified atom stereocenters. The molecule has 1 N–H and O–H groups in total. The van der Waals surface area contributed by atoms with Crippen LogP contribution in [-0.4, -0.2) is 22.0 Å². The first-order chi connectivity index (χ1) is 14.7. The van der Waals surface area contributed by atoms with Gasteiger partial charge in [-0.05, 0) is 54.4 Å². The van der Waals surface area contributed by atoms with Crippen LogP contribution in [0.2, 0.25) is 0 Å². The van der Waals surface area contributed by atoms with Crippen LogP contribution in [0.15, 0.2) is 42.5 Å². The van der Waals surface area contributed by atoms with Crippen LogP contribution in [0, 0.1) is 11.3 Å². The third-order valence-electron chi connectivity index (χ3n) is 5.18. The second-order valence-electron chi connectivity index (χ2n) is 7.34. The number of fused-ring (bicyclic) bond motifs is 3. The quantitative estimate of drug-likeness (QED) is 0.598. The second kappa shape index (κ2) is 7.87. The van der Waals surface area contributed by atoms with E-state index in [1.807, 2.05) is 18.2 Å². The fourth-order valence-electron chi connectivity index (χ4n) is 3.97. The molecule has 31 heavy (non-hydrogen) atoms. The lowest BCUT2D eigenvalue weighted by molar-refractivity contribution is -0.274. The van der Waals surface area contributed by atoms with Crippen LogP contribution < -0.4 is 9.47 Å². The number of benzene rings is 2. The number of rotatable bonds is 6. The minimum absolute atomic E-state index is 0.0316. The van der Waals surface area contributed by atoms with Crippen LogP contribution in [-0.2, 0) is 17.9 Å². The average molecular weight is 430 g/mol. The summed E-state index contributed by atoms with van der Waals surface area (Å²) < 4.78 is 49.3. The normalized spacial score (nSPS) is 15.5. The molecule has 9 heteroatoms. The number of carboxylic acids is 1. The van der Waals surface area contributed by atoms with E-state index in [1.54, 1.807) is 12.1 Å². The van der Waals surface area contributed by atoms with Gasteiger partial charge in [0.1, 0.15) is 18.1 Å². The van der Waals surface area contributed by atoms with E-state index in [2.05, 4.69) is 9.30 Å². The largest absolute Gasteiger partial charge is 0.573 e. The maximum atomic E-state index is 12.5. The molecule has 0 bridgehead atoms. The van der Waals surface area contributed by atoms with Crippen molar-refractivity contribution in [1.29, 1.82) is 5.26 Å². The first-order valence-corrected chi connectivity index (χ1v) is 9.49. The summed E-state index contributed by atoms with van der Waals surface area (Å²) in [5, 5.41) is 19.0. The standard InChI is InChI=1S/C22H17F3N2O4/c23-22(24,25)31-18-6-13(11-26)5-14(7-18)12-30-17-1-2-19-16(8-17)9-20-15(10-21(28)29)3-4-27(19)20/h1-2,5-9,15H,3-4,10,12H2,(H,28,29). The number of nitrogens with zero attached hydrogens (tertiary/aromatic N) is 2. The van der Waals surface area contributed by atoms with Gasteiger partial charge in [0.2, 0.25) is 0 Å². The van der Waals surface area contributed by atoms with Crippen molar-refractivity contribution in [3.8, 4) is 17.6 Å². The van der Waals surface area contributed by atoms with Gasteiger partial charge in [-0.3, -0.25) is 4.79 Å². The average Bonchev–Trinajstić information content (AvgIpc) is 3.23. The Morgan fingerprint density at radius 3 is 2.71 bits per heavy atom. The first-order valence-electron chi connectivity index (χ1n) is 9.49. The summed E-state index contributed by atoms with van der Waals surface area (Å²) in [6.07, 6.45) is -3.99. The maximum Gasteiger partial charge on any atom is 0.573 e. The van der Waals surface area contributed by atoms with Crippen molar-refractivity contribution >= 4 is 16.9 Å². The Morgan fingerprint density at radius 2 is 2.00 bits per heavy atom. The Bertz CT molecular complexity index is 1190. The molecule has 1 aromatic heterocycles. The number of hydrogen-bond donors (Lipinski definition) is 1. The number of alkyl halides is 3. The zero-order valence-electron chi connectivity index (χ0n) is 16.1. The van der Waals surface area contributed by atoms with Gasteiger partial charge in [0, 0.05) is 29.1 Å². The number of halogens is 3. The molecule has 1 atom stereocenters. The summed E-state index contributed by atoms with van der Waals surface area (Å²) in [5.41, 5.74) is 2.34. The first kappa shape index (κ1) is 20.6. The molecule has 2 aromatic carbocycles. The fraction of sp³-hybridized carbons (Fsp3) is 0.273. The highest BCUT2D eigenvalue weighted by Crippen LogP contribution is 2.37. The van der Waals surface area contributed by atoms with Crippen molar-refractivity contribution in [2.45, 2.75) is 38.3 Å². The van der Waals surface area contributed by atoms with Crippen molar-refractivity contribution in [1.82, 2.24) is 4.57 Å². The van der Waals surface area contributed by atoms with E-state index in [0.29, 0.717) is 11.3 Å². The summed E-state index contributed by atoms with van der Waals surface area (Å²) >= 11 is 0. The van der Waals surface area contributed by atoms with Crippen molar-refractivity contribution in [2.24, 2.45) is 0 Å². The van der Waals surface area contributed by atoms with E-state index < -0.39 is 18.1 Å². The van der Waals surface area contributed by atoms with E-state index in [4.69, 9.17) is 15.1 Å². The van der Waals surface area contributed by atoms with Gasteiger partial charge >= 0.3 is 12.3 Å². The molecular weight excluding hydrogens is 413 g/mol. The highest BCUT2D eigenvalue weighted by atomic mass is 19.4. The molecule has 6 nitrogen and oxygen atoms in total. The molecule has 0 saturated heterocycles. The van der Waals surface area contributed by atoms with Crippen LogP contribution >= 0.6 is 0 Å². The predicted molar refractivity (Wildman–Crippen MR) is 104 cm³/mol. The summed E-state index contributed by atoms with van der Waals surface area (Å²) in [6.45, 7) is 0.699. The van der Waals surface area contributed by atoms with E-state index in [-0.39, 0.29) is 24.5 Å². The number of carbonyl (C=O) groups is 1. The highest BCUT2D eigenvalue weighted by Gasteiger charge is 2.31. The molecular formula is C22H17F3N2O4. The smallest absolute Gasteiger partial charge is 0.489 e. The van der Waals surface area contributed by atoms with Crippen molar-refractivity contribution in [2.75, 3.05) is 0 Å². The Hall–Kier alpha value is -3.67. The van der Waals surface area contributed by atoms with Gasteiger partial charge in [-0.15, -0.1) is 13.2 Å². The summed E-state index contributed by atoms with van der Waals surface area (Å²) in [4.78, 5) is 11.1. The Kier molecular flexibility index (Phi) is 5.23. The molecule has 160 valence electrons. The number of nitriles is 1. The van der Waals surface area contributed by atoms with Crippen LogP contribution in [0.3, 0.4) is 0 Å². The molecule has 1 aliphatic heterocycles. The molecule has 0 radical (unpaired) electrons. The van der Waals surface area contributed by atoms with Gasteiger partial charge in [-0.25, -0.2) is 0 Å². The molecule has 0 aliphatic carbocycles. The monoisotopic (exact) mass is 430 g/mol. The lowest BCUT2D eigenvalue weighted by atomic mass is 10.0. The minimum atomic E-state index is -4.86. The molecule has 4 rings (SSSR count). The summed E-state index contributed by atoms with van der Waals surface area (Å²) in [7, 11) is 0. The van der Waals surface area contributed by atoms with Gasteiger partial charge in [-0.2, -0.15) is 5.26 Å². The number of ether oxygens (including phenoxy) is 2.